The maximum Gasteiger partial charge on any atom is 0.202 e. The van der Waals surface area contributed by atoms with Crippen LogP contribution in [0.2, 0.25) is 0 Å². The van der Waals surface area contributed by atoms with Crippen molar-refractivity contribution in [1.82, 2.24) is 4.90 Å². The summed E-state index contributed by atoms with van der Waals surface area (Å²) in [5.74, 6) is -0.775. The van der Waals surface area contributed by atoms with E-state index in [1.807, 2.05) is 0 Å². The summed E-state index contributed by atoms with van der Waals surface area (Å²) in [6.45, 7) is 0.674. The van der Waals surface area contributed by atoms with Crippen molar-refractivity contribution in [3.05, 3.63) is 45.7 Å². The highest BCUT2D eigenvalue weighted by Crippen LogP contribution is 2.52. The van der Waals surface area contributed by atoms with E-state index in [1.165, 1.54) is 17.0 Å². The molecule has 4 atom stereocenters. The Labute approximate surface area is 195 Å². The van der Waals surface area contributed by atoms with E-state index in [1.54, 1.807) is 14.1 Å². The Morgan fingerprint density at radius 2 is 1.88 bits per heavy atom. The number of aliphatic hydroxyl groups excluding tert-OH is 3. The SMILES string of the molecule is CC(=O)C1=C(O)[C@@]2(O)C(=O)C3=C(O)c4c(O)ccc(C#CCO)c4C[C@H]3C[C@H]2[C@H](N(C)C)C1=O. The molecule has 0 heterocycles. The molecule has 9 heteroatoms. The van der Waals surface area contributed by atoms with Gasteiger partial charge in [-0.05, 0) is 57.5 Å². The molecule has 34 heavy (non-hydrogen) atoms. The summed E-state index contributed by atoms with van der Waals surface area (Å²) in [5, 5.41) is 53.0. The molecule has 0 spiro atoms. The number of carbonyl (C=O) groups excluding carboxylic acids is 3. The summed E-state index contributed by atoms with van der Waals surface area (Å²) in [6.07, 6.45) is 0.197. The first-order chi connectivity index (χ1) is 16.0. The summed E-state index contributed by atoms with van der Waals surface area (Å²) < 4.78 is 0. The number of phenols is 1. The molecule has 0 aromatic heterocycles. The second kappa shape index (κ2) is 8.09. The van der Waals surface area contributed by atoms with Gasteiger partial charge in [0.05, 0.1) is 11.6 Å². The summed E-state index contributed by atoms with van der Waals surface area (Å²) >= 11 is 0. The minimum absolute atomic E-state index is 0.0160. The van der Waals surface area contributed by atoms with Crippen LogP contribution in [0.25, 0.3) is 5.76 Å². The van der Waals surface area contributed by atoms with Crippen LogP contribution in [0.1, 0.15) is 30.0 Å². The zero-order valence-corrected chi connectivity index (χ0v) is 18.9. The average Bonchev–Trinajstić information content (AvgIpc) is 2.75. The van der Waals surface area contributed by atoms with Crippen molar-refractivity contribution in [2.45, 2.75) is 31.4 Å². The molecule has 3 aliphatic rings. The number of phenolic OH excluding ortho intramolecular Hbond substituents is 1. The van der Waals surface area contributed by atoms with Crippen molar-refractivity contribution in [3.8, 4) is 17.6 Å². The lowest BCUT2D eigenvalue weighted by Gasteiger charge is -2.50. The number of hydrogen-bond donors (Lipinski definition) is 5. The Morgan fingerprint density at radius 1 is 1.21 bits per heavy atom. The number of aliphatic hydroxyl groups is 4. The summed E-state index contributed by atoms with van der Waals surface area (Å²) in [6, 6.07) is 1.78. The Kier molecular flexibility index (Phi) is 5.64. The van der Waals surface area contributed by atoms with Gasteiger partial charge in [-0.1, -0.05) is 11.8 Å². The van der Waals surface area contributed by atoms with Crippen molar-refractivity contribution in [3.63, 3.8) is 0 Å². The highest BCUT2D eigenvalue weighted by atomic mass is 16.3. The van der Waals surface area contributed by atoms with Crippen LogP contribution in [0.3, 0.4) is 0 Å². The van der Waals surface area contributed by atoms with Crippen LogP contribution in [-0.4, -0.2) is 80.1 Å². The highest BCUT2D eigenvalue weighted by Gasteiger charge is 2.64. The quantitative estimate of drug-likeness (QED) is 0.307. The van der Waals surface area contributed by atoms with Gasteiger partial charge in [0, 0.05) is 17.1 Å². The van der Waals surface area contributed by atoms with Gasteiger partial charge < -0.3 is 25.5 Å². The van der Waals surface area contributed by atoms with Crippen LogP contribution in [0.4, 0.5) is 0 Å². The van der Waals surface area contributed by atoms with Crippen molar-refractivity contribution in [1.29, 1.82) is 0 Å². The lowest BCUT2D eigenvalue weighted by molar-refractivity contribution is -0.153. The number of hydrogen-bond acceptors (Lipinski definition) is 9. The first-order valence-corrected chi connectivity index (χ1v) is 10.8. The number of carbonyl (C=O) groups is 3. The molecule has 3 aliphatic carbocycles. The predicted octanol–water partition coefficient (Wildman–Crippen LogP) is 0.411. The fraction of sp³-hybridized carbons (Fsp3) is 0.400. The second-order valence-corrected chi connectivity index (χ2v) is 9.10. The molecule has 0 unspecified atom stereocenters. The van der Waals surface area contributed by atoms with E-state index in [0.29, 0.717) is 11.1 Å². The van der Waals surface area contributed by atoms with Gasteiger partial charge in [-0.25, -0.2) is 0 Å². The molecular formula is C25H25NO8. The maximum atomic E-state index is 13.7. The van der Waals surface area contributed by atoms with Gasteiger partial charge in [0.1, 0.15) is 29.4 Å². The number of ketones is 3. The molecule has 9 nitrogen and oxygen atoms in total. The van der Waals surface area contributed by atoms with E-state index in [4.69, 9.17) is 5.11 Å². The van der Waals surface area contributed by atoms with Crippen molar-refractivity contribution >= 4 is 23.1 Å². The van der Waals surface area contributed by atoms with Crippen LogP contribution in [-0.2, 0) is 20.8 Å². The zero-order valence-electron chi connectivity index (χ0n) is 18.9. The molecule has 0 aliphatic heterocycles. The summed E-state index contributed by atoms with van der Waals surface area (Å²) in [5.41, 5.74) is -2.51. The Morgan fingerprint density at radius 3 is 2.47 bits per heavy atom. The number of fused-ring (bicyclic) bond motifs is 3. The zero-order chi connectivity index (χ0) is 25.1. The summed E-state index contributed by atoms with van der Waals surface area (Å²) in [4.78, 5) is 40.5. The summed E-state index contributed by atoms with van der Waals surface area (Å²) in [7, 11) is 3.15. The first-order valence-electron chi connectivity index (χ1n) is 10.8. The molecule has 1 aromatic carbocycles. The fourth-order valence-electron chi connectivity index (χ4n) is 5.60. The first kappa shape index (κ1) is 23.7. The molecular weight excluding hydrogens is 442 g/mol. The van der Waals surface area contributed by atoms with Gasteiger partial charge in [-0.2, -0.15) is 0 Å². The van der Waals surface area contributed by atoms with Crippen molar-refractivity contribution < 1.29 is 39.9 Å². The molecule has 0 bridgehead atoms. The number of likely N-dealkylation sites (N-methyl/N-ethyl adjacent to an activating group) is 1. The van der Waals surface area contributed by atoms with Gasteiger partial charge in [0.2, 0.25) is 5.78 Å². The second-order valence-electron chi connectivity index (χ2n) is 9.10. The molecule has 1 saturated carbocycles. The van der Waals surface area contributed by atoms with Crippen LogP contribution in [0, 0.1) is 23.7 Å². The van der Waals surface area contributed by atoms with E-state index >= 15 is 0 Å². The van der Waals surface area contributed by atoms with E-state index in [2.05, 4.69) is 11.8 Å². The molecule has 1 aromatic rings. The topological polar surface area (TPSA) is 156 Å². The van der Waals surface area contributed by atoms with Crippen LogP contribution in [0.5, 0.6) is 5.75 Å². The van der Waals surface area contributed by atoms with E-state index in [9.17, 15) is 34.8 Å². The molecule has 178 valence electrons. The van der Waals surface area contributed by atoms with Gasteiger partial charge in [-0.3, -0.25) is 19.3 Å². The number of aromatic hydroxyl groups is 1. The van der Waals surface area contributed by atoms with Crippen molar-refractivity contribution in [2.75, 3.05) is 20.7 Å². The molecule has 0 amide bonds. The fourth-order valence-corrected chi connectivity index (χ4v) is 5.60. The number of rotatable bonds is 2. The lowest BCUT2D eigenvalue weighted by atomic mass is 9.57. The monoisotopic (exact) mass is 467 g/mol. The lowest BCUT2D eigenvalue weighted by Crippen LogP contribution is -2.65. The van der Waals surface area contributed by atoms with E-state index in [-0.39, 0.29) is 29.7 Å². The molecule has 1 fully saturated rings. The minimum atomic E-state index is -2.59. The van der Waals surface area contributed by atoms with E-state index in [0.717, 1.165) is 6.92 Å². The van der Waals surface area contributed by atoms with Gasteiger partial charge in [-0.15, -0.1) is 0 Å². The molecule has 5 N–H and O–H groups in total. The minimum Gasteiger partial charge on any atom is -0.508 e. The Bertz CT molecular complexity index is 1260. The molecule has 4 rings (SSSR count). The third kappa shape index (κ3) is 3.10. The smallest absolute Gasteiger partial charge is 0.202 e. The standard InChI is InChI=1S/C25H25NO8/c1-11(28)17-22(31)20(26(2)3)15-10-13-9-14-12(5-4-8-27)6-7-16(29)19(14)21(30)18(13)24(33)25(15,34)23(17)32/h6-7,13,15,20,27,29-30,32,34H,8-10H2,1-3H3/t13-,15-,20-,25+/m0/s1. The maximum absolute atomic E-state index is 13.7. The Balaban J connectivity index is 1.98. The van der Waals surface area contributed by atoms with Gasteiger partial charge in [0.25, 0.3) is 0 Å². The number of Topliss-reactive ketones (excluding diaryl/α,β-unsaturated/α-hetero) is 3. The van der Waals surface area contributed by atoms with Gasteiger partial charge >= 0.3 is 0 Å². The number of nitrogens with zero attached hydrogens (tertiary/aromatic N) is 1. The predicted molar refractivity (Wildman–Crippen MR) is 120 cm³/mol. The third-order valence-corrected chi connectivity index (χ3v) is 7.01. The average molecular weight is 467 g/mol. The molecule has 0 radical (unpaired) electrons. The van der Waals surface area contributed by atoms with E-state index < -0.39 is 64.5 Å². The molecule has 0 saturated heterocycles. The van der Waals surface area contributed by atoms with Crippen molar-refractivity contribution in [2.24, 2.45) is 11.8 Å². The normalized spacial score (nSPS) is 28.2. The Hall–Kier alpha value is -3.45. The van der Waals surface area contributed by atoms with Crippen LogP contribution < -0.4 is 0 Å². The van der Waals surface area contributed by atoms with Crippen LogP contribution in [0.15, 0.2) is 29.0 Å². The van der Waals surface area contributed by atoms with Gasteiger partial charge in [0.15, 0.2) is 17.2 Å². The number of benzene rings is 1. The highest BCUT2D eigenvalue weighted by molar-refractivity contribution is 6.25. The third-order valence-electron chi connectivity index (χ3n) is 7.01. The largest absolute Gasteiger partial charge is 0.508 e. The van der Waals surface area contributed by atoms with Crippen LogP contribution >= 0.6 is 0 Å².